The Morgan fingerprint density at radius 2 is 1.75 bits per heavy atom. The Kier molecular flexibility index (Phi) is 5.61. The van der Waals surface area contributed by atoms with Crippen molar-refractivity contribution in [2.24, 2.45) is 0 Å². The van der Waals surface area contributed by atoms with E-state index in [0.29, 0.717) is 31.6 Å². The second-order valence-corrected chi connectivity index (χ2v) is 8.97. The van der Waals surface area contributed by atoms with Crippen LogP contribution in [-0.2, 0) is 4.79 Å². The number of anilines is 1. The molecule has 0 saturated carbocycles. The van der Waals surface area contributed by atoms with Gasteiger partial charge in [-0.2, -0.15) is 0 Å². The summed E-state index contributed by atoms with van der Waals surface area (Å²) in [7, 11) is 0. The Balaban J connectivity index is 1.19. The van der Waals surface area contributed by atoms with Gasteiger partial charge in [0.1, 0.15) is 5.82 Å². The zero-order valence-corrected chi connectivity index (χ0v) is 18.3. The third kappa shape index (κ3) is 4.23. The summed E-state index contributed by atoms with van der Waals surface area (Å²) in [5.41, 5.74) is 3.49. The lowest BCUT2D eigenvalue weighted by molar-refractivity contribution is -0.119. The van der Waals surface area contributed by atoms with E-state index in [1.807, 2.05) is 34.5 Å². The molecule has 2 fully saturated rings. The molecule has 3 aromatic rings. The van der Waals surface area contributed by atoms with Crippen LogP contribution < -0.4 is 10.2 Å². The molecule has 8 heteroatoms. The number of thiazole rings is 1. The first-order valence-electron chi connectivity index (χ1n) is 10.7. The topological polar surface area (TPSA) is 65.5 Å². The number of carbonyl (C=O) groups is 2. The average molecular weight is 451 g/mol. The summed E-state index contributed by atoms with van der Waals surface area (Å²) in [5, 5.41) is 5.75. The minimum Gasteiger partial charge on any atom is -0.355 e. The molecule has 2 amide bonds. The summed E-state index contributed by atoms with van der Waals surface area (Å²) < 4.78 is 13.2. The fraction of sp³-hybridized carbons (Fsp3) is 0.292. The van der Waals surface area contributed by atoms with Crippen LogP contribution in [0.25, 0.3) is 11.3 Å². The summed E-state index contributed by atoms with van der Waals surface area (Å²) in [6.45, 7) is 3.36. The summed E-state index contributed by atoms with van der Waals surface area (Å²) in [5.74, 6) is 0.0413. The number of hydrogen-bond donors (Lipinski definition) is 1. The van der Waals surface area contributed by atoms with Gasteiger partial charge in [0.25, 0.3) is 5.91 Å². The first-order valence-corrected chi connectivity index (χ1v) is 11.6. The molecule has 3 heterocycles. The summed E-state index contributed by atoms with van der Waals surface area (Å²) >= 11 is 1.56. The van der Waals surface area contributed by atoms with Crippen LogP contribution in [0.1, 0.15) is 28.3 Å². The van der Waals surface area contributed by atoms with E-state index in [1.165, 1.54) is 12.1 Å². The molecule has 1 aromatic heterocycles. The lowest BCUT2D eigenvalue weighted by atomic mass is 9.97. The van der Waals surface area contributed by atoms with Crippen molar-refractivity contribution >= 4 is 28.3 Å². The van der Waals surface area contributed by atoms with Crippen molar-refractivity contribution in [1.29, 1.82) is 0 Å². The fourth-order valence-corrected chi connectivity index (χ4v) is 5.07. The molecule has 6 nitrogen and oxygen atoms in total. The van der Waals surface area contributed by atoms with E-state index >= 15 is 0 Å². The van der Waals surface area contributed by atoms with Gasteiger partial charge in [-0.05, 0) is 42.0 Å². The van der Waals surface area contributed by atoms with E-state index in [1.54, 1.807) is 23.5 Å². The molecule has 5 rings (SSSR count). The molecule has 2 saturated heterocycles. The molecular weight excluding hydrogens is 427 g/mol. The molecule has 2 aliphatic heterocycles. The zero-order valence-electron chi connectivity index (χ0n) is 17.5. The molecular formula is C24H23FN4O2S. The van der Waals surface area contributed by atoms with Crippen molar-refractivity contribution in [2.75, 3.05) is 37.6 Å². The smallest absolute Gasteiger partial charge is 0.253 e. The third-order valence-corrected chi connectivity index (χ3v) is 6.98. The van der Waals surface area contributed by atoms with Gasteiger partial charge in [-0.15, -0.1) is 11.3 Å². The monoisotopic (exact) mass is 450 g/mol. The van der Waals surface area contributed by atoms with Gasteiger partial charge in [-0.3, -0.25) is 9.59 Å². The normalized spacial score (nSPS) is 18.7. The van der Waals surface area contributed by atoms with Crippen LogP contribution in [0.3, 0.4) is 0 Å². The van der Waals surface area contributed by atoms with Gasteiger partial charge in [-0.25, -0.2) is 9.37 Å². The molecule has 0 bridgehead atoms. The first-order chi connectivity index (χ1) is 15.6. The maximum absolute atomic E-state index is 13.2. The molecule has 0 aliphatic carbocycles. The van der Waals surface area contributed by atoms with E-state index in [-0.39, 0.29) is 23.5 Å². The van der Waals surface area contributed by atoms with Gasteiger partial charge in [0, 0.05) is 61.6 Å². The molecule has 164 valence electrons. The standard InChI is InChI=1S/C24H23FN4O2S/c25-20-7-5-17(6-8-20)21-15-32-24(27-21)29-11-9-28(10-12-29)23(31)18-3-1-16(2-4-18)19-13-22(30)26-14-19/h1-8,15,19H,9-14H2,(H,26,30). The van der Waals surface area contributed by atoms with Crippen LogP contribution in [0.4, 0.5) is 9.52 Å². The molecule has 1 atom stereocenters. The number of nitrogens with zero attached hydrogens (tertiary/aromatic N) is 3. The number of carbonyl (C=O) groups excluding carboxylic acids is 2. The van der Waals surface area contributed by atoms with E-state index in [0.717, 1.165) is 35.0 Å². The second-order valence-electron chi connectivity index (χ2n) is 8.13. The van der Waals surface area contributed by atoms with E-state index in [4.69, 9.17) is 4.98 Å². The maximum Gasteiger partial charge on any atom is 0.253 e. The zero-order chi connectivity index (χ0) is 22.1. The van der Waals surface area contributed by atoms with Crippen molar-refractivity contribution in [3.63, 3.8) is 0 Å². The number of amides is 2. The number of aromatic nitrogens is 1. The highest BCUT2D eigenvalue weighted by molar-refractivity contribution is 7.14. The molecule has 32 heavy (non-hydrogen) atoms. The Morgan fingerprint density at radius 1 is 1.03 bits per heavy atom. The molecule has 1 N–H and O–H groups in total. The van der Waals surface area contributed by atoms with Crippen LogP contribution in [-0.4, -0.2) is 54.4 Å². The predicted octanol–water partition coefficient (Wildman–Crippen LogP) is 3.52. The van der Waals surface area contributed by atoms with Crippen LogP contribution >= 0.6 is 11.3 Å². The van der Waals surface area contributed by atoms with Crippen molar-refractivity contribution < 1.29 is 14.0 Å². The van der Waals surface area contributed by atoms with Gasteiger partial charge in [0.2, 0.25) is 5.91 Å². The van der Waals surface area contributed by atoms with Crippen molar-refractivity contribution in [3.8, 4) is 11.3 Å². The Bertz CT molecular complexity index is 1120. The van der Waals surface area contributed by atoms with Gasteiger partial charge in [0.15, 0.2) is 5.13 Å². The van der Waals surface area contributed by atoms with Crippen LogP contribution in [0.2, 0.25) is 0 Å². The number of nitrogens with one attached hydrogen (secondary N) is 1. The quantitative estimate of drug-likeness (QED) is 0.661. The van der Waals surface area contributed by atoms with Crippen molar-refractivity contribution in [3.05, 3.63) is 70.9 Å². The Labute approximate surface area is 189 Å². The number of piperazine rings is 1. The fourth-order valence-electron chi connectivity index (χ4n) is 4.18. The Hall–Kier alpha value is -3.26. The highest BCUT2D eigenvalue weighted by atomic mass is 32.1. The van der Waals surface area contributed by atoms with Gasteiger partial charge >= 0.3 is 0 Å². The lowest BCUT2D eigenvalue weighted by Gasteiger charge is -2.34. The molecule has 1 unspecified atom stereocenters. The molecule has 0 spiro atoms. The van der Waals surface area contributed by atoms with E-state index in [2.05, 4.69) is 10.2 Å². The van der Waals surface area contributed by atoms with Gasteiger partial charge in [0.05, 0.1) is 5.69 Å². The predicted molar refractivity (Wildman–Crippen MR) is 122 cm³/mol. The minimum atomic E-state index is -0.259. The SMILES string of the molecule is O=C1CC(c2ccc(C(=O)N3CCN(c4nc(-c5ccc(F)cc5)cs4)CC3)cc2)CN1. The van der Waals surface area contributed by atoms with Gasteiger partial charge in [-0.1, -0.05) is 12.1 Å². The second kappa shape index (κ2) is 8.70. The summed E-state index contributed by atoms with van der Waals surface area (Å²) in [4.78, 5) is 33.1. The van der Waals surface area contributed by atoms with E-state index < -0.39 is 0 Å². The number of benzene rings is 2. The van der Waals surface area contributed by atoms with Crippen LogP contribution in [0.5, 0.6) is 0 Å². The van der Waals surface area contributed by atoms with Crippen molar-refractivity contribution in [1.82, 2.24) is 15.2 Å². The van der Waals surface area contributed by atoms with Crippen LogP contribution in [0, 0.1) is 5.82 Å². The molecule has 0 radical (unpaired) electrons. The number of halogens is 1. The minimum absolute atomic E-state index is 0.0305. The number of hydrogen-bond acceptors (Lipinski definition) is 5. The first kappa shape index (κ1) is 20.6. The maximum atomic E-state index is 13.2. The lowest BCUT2D eigenvalue weighted by Crippen LogP contribution is -2.48. The highest BCUT2D eigenvalue weighted by Gasteiger charge is 2.25. The van der Waals surface area contributed by atoms with Crippen molar-refractivity contribution in [2.45, 2.75) is 12.3 Å². The highest BCUT2D eigenvalue weighted by Crippen LogP contribution is 2.29. The Morgan fingerprint density at radius 3 is 2.41 bits per heavy atom. The summed E-state index contributed by atoms with van der Waals surface area (Å²) in [6.07, 6.45) is 0.509. The number of rotatable bonds is 4. The average Bonchev–Trinajstić information content (AvgIpc) is 3.49. The molecule has 2 aromatic carbocycles. The van der Waals surface area contributed by atoms with Gasteiger partial charge < -0.3 is 15.1 Å². The third-order valence-electron chi connectivity index (χ3n) is 6.08. The summed E-state index contributed by atoms with van der Waals surface area (Å²) in [6, 6.07) is 14.0. The largest absolute Gasteiger partial charge is 0.355 e. The van der Waals surface area contributed by atoms with Crippen LogP contribution in [0.15, 0.2) is 53.9 Å². The van der Waals surface area contributed by atoms with E-state index in [9.17, 15) is 14.0 Å². The molecule has 2 aliphatic rings.